The minimum absolute atomic E-state index is 0.666. The number of nitrogens with one attached hydrogen (secondary N) is 1. The minimum Gasteiger partial charge on any atom is -0.368 e. The summed E-state index contributed by atoms with van der Waals surface area (Å²) in [6.45, 7) is 3.55. The van der Waals surface area contributed by atoms with Crippen LogP contribution in [0, 0.1) is 6.92 Å². The topological polar surface area (TPSA) is 63.8 Å². The molecule has 0 aliphatic heterocycles. The van der Waals surface area contributed by atoms with E-state index in [4.69, 9.17) is 5.73 Å². The lowest BCUT2D eigenvalue weighted by molar-refractivity contribution is 0.866. The highest BCUT2D eigenvalue weighted by Crippen LogP contribution is 2.29. The molecule has 0 aliphatic rings. The summed E-state index contributed by atoms with van der Waals surface area (Å²) < 4.78 is 0. The third-order valence-corrected chi connectivity index (χ3v) is 3.69. The zero-order chi connectivity index (χ0) is 15.4. The molecule has 0 aliphatic carbocycles. The van der Waals surface area contributed by atoms with Crippen LogP contribution in [0.4, 0.5) is 5.82 Å². The molecule has 0 saturated heterocycles. The summed E-state index contributed by atoms with van der Waals surface area (Å²) in [7, 11) is 0. The first kappa shape index (κ1) is 14.5. The lowest BCUT2D eigenvalue weighted by Crippen LogP contribution is -2.10. The first-order chi connectivity index (χ1) is 10.8. The van der Waals surface area contributed by atoms with Crippen molar-refractivity contribution >= 4 is 16.6 Å². The first-order valence-electron chi connectivity index (χ1n) is 7.56. The maximum absolute atomic E-state index is 5.54. The van der Waals surface area contributed by atoms with Crippen LogP contribution in [-0.4, -0.2) is 23.3 Å². The Morgan fingerprint density at radius 3 is 2.41 bits per heavy atom. The summed E-state index contributed by atoms with van der Waals surface area (Å²) in [5, 5.41) is 14.3. The molecule has 3 N–H and O–H groups in total. The van der Waals surface area contributed by atoms with Crippen LogP contribution in [0.15, 0.2) is 48.5 Å². The molecule has 0 atom stereocenters. The zero-order valence-corrected chi connectivity index (χ0v) is 12.7. The van der Waals surface area contributed by atoms with Gasteiger partial charge in [0.15, 0.2) is 5.82 Å². The Morgan fingerprint density at radius 1 is 0.955 bits per heavy atom. The van der Waals surface area contributed by atoms with Crippen LogP contribution in [0.3, 0.4) is 0 Å². The number of nitrogens with two attached hydrogens (primary N) is 1. The normalized spacial score (nSPS) is 10.8. The van der Waals surface area contributed by atoms with Crippen molar-refractivity contribution < 1.29 is 0 Å². The molecule has 0 spiro atoms. The van der Waals surface area contributed by atoms with Gasteiger partial charge in [-0.25, -0.2) is 0 Å². The maximum atomic E-state index is 5.54. The van der Waals surface area contributed by atoms with Crippen molar-refractivity contribution in [3.63, 3.8) is 0 Å². The van der Waals surface area contributed by atoms with Gasteiger partial charge in [0.05, 0.1) is 0 Å². The van der Waals surface area contributed by atoms with Gasteiger partial charge in [-0.2, -0.15) is 0 Å². The van der Waals surface area contributed by atoms with Crippen molar-refractivity contribution in [2.45, 2.75) is 13.3 Å². The summed E-state index contributed by atoms with van der Waals surface area (Å²) >= 11 is 0. The minimum atomic E-state index is 0.666. The number of hydrogen-bond donors (Lipinski definition) is 2. The fraction of sp³-hybridized carbons (Fsp3) is 0.222. The summed E-state index contributed by atoms with van der Waals surface area (Å²) in [4.78, 5) is 0. The van der Waals surface area contributed by atoms with Crippen LogP contribution in [-0.2, 0) is 0 Å². The Balaban J connectivity index is 2.06. The molecule has 0 unspecified atom stereocenters. The molecule has 2 aromatic carbocycles. The lowest BCUT2D eigenvalue weighted by Gasteiger charge is -2.11. The maximum Gasteiger partial charge on any atom is 0.156 e. The summed E-state index contributed by atoms with van der Waals surface area (Å²) in [6, 6.07) is 16.6. The van der Waals surface area contributed by atoms with E-state index < -0.39 is 0 Å². The molecular weight excluding hydrogens is 272 g/mol. The predicted octanol–water partition coefficient (Wildman–Crippen LogP) is 3.37. The Bertz CT molecular complexity index is 766. The van der Waals surface area contributed by atoms with Crippen molar-refractivity contribution in [1.29, 1.82) is 0 Å². The molecule has 3 rings (SSSR count). The molecule has 3 aromatic rings. The quantitative estimate of drug-likeness (QED) is 0.708. The van der Waals surface area contributed by atoms with Gasteiger partial charge in [-0.1, -0.05) is 54.1 Å². The van der Waals surface area contributed by atoms with E-state index in [9.17, 15) is 0 Å². The van der Waals surface area contributed by atoms with E-state index in [1.54, 1.807) is 0 Å². The number of aromatic nitrogens is 2. The average Bonchev–Trinajstić information content (AvgIpc) is 2.56. The van der Waals surface area contributed by atoms with Crippen LogP contribution in [0.25, 0.3) is 22.0 Å². The van der Waals surface area contributed by atoms with E-state index in [1.807, 2.05) is 12.1 Å². The SMILES string of the molecule is Cc1ccc(-c2nnc(NCCCN)c3ccccc23)cc1. The third kappa shape index (κ3) is 2.92. The molecule has 22 heavy (non-hydrogen) atoms. The van der Waals surface area contributed by atoms with Crippen LogP contribution in [0.5, 0.6) is 0 Å². The van der Waals surface area contributed by atoms with E-state index >= 15 is 0 Å². The van der Waals surface area contributed by atoms with Crippen LogP contribution in [0.2, 0.25) is 0 Å². The Hall–Kier alpha value is -2.46. The highest BCUT2D eigenvalue weighted by atomic mass is 15.2. The van der Waals surface area contributed by atoms with Gasteiger partial charge >= 0.3 is 0 Å². The summed E-state index contributed by atoms with van der Waals surface area (Å²) in [6.07, 6.45) is 0.912. The number of benzene rings is 2. The molecule has 0 radical (unpaired) electrons. The molecule has 4 nitrogen and oxygen atoms in total. The standard InChI is InChI=1S/C18H20N4/c1-13-7-9-14(10-8-13)17-15-5-2-3-6-16(15)18(22-21-17)20-12-4-11-19/h2-3,5-10H,4,11-12,19H2,1H3,(H,20,22). The third-order valence-electron chi connectivity index (χ3n) is 3.69. The largest absolute Gasteiger partial charge is 0.368 e. The number of anilines is 1. The second-order valence-electron chi connectivity index (χ2n) is 5.38. The van der Waals surface area contributed by atoms with Crippen molar-refractivity contribution in [2.75, 3.05) is 18.4 Å². The number of nitrogens with zero attached hydrogens (tertiary/aromatic N) is 2. The van der Waals surface area contributed by atoms with E-state index in [1.165, 1.54) is 5.56 Å². The van der Waals surface area contributed by atoms with Crippen LogP contribution >= 0.6 is 0 Å². The Morgan fingerprint density at radius 2 is 1.68 bits per heavy atom. The molecule has 1 heterocycles. The fourth-order valence-corrected chi connectivity index (χ4v) is 2.47. The van der Waals surface area contributed by atoms with E-state index in [2.05, 4.69) is 58.8 Å². The van der Waals surface area contributed by atoms with Gasteiger partial charge in [-0.15, -0.1) is 10.2 Å². The van der Waals surface area contributed by atoms with Gasteiger partial charge in [-0.3, -0.25) is 0 Å². The number of rotatable bonds is 5. The average molecular weight is 292 g/mol. The zero-order valence-electron chi connectivity index (χ0n) is 12.7. The number of fused-ring (bicyclic) bond motifs is 1. The van der Waals surface area contributed by atoms with Gasteiger partial charge in [0.25, 0.3) is 0 Å². The molecule has 0 fully saturated rings. The highest BCUT2D eigenvalue weighted by molar-refractivity contribution is 5.99. The second kappa shape index (κ2) is 6.54. The van der Waals surface area contributed by atoms with E-state index in [0.717, 1.165) is 40.8 Å². The van der Waals surface area contributed by atoms with Crippen molar-refractivity contribution in [2.24, 2.45) is 5.73 Å². The highest BCUT2D eigenvalue weighted by Gasteiger charge is 2.10. The molecule has 112 valence electrons. The lowest BCUT2D eigenvalue weighted by atomic mass is 10.0. The van der Waals surface area contributed by atoms with E-state index in [0.29, 0.717) is 6.54 Å². The summed E-state index contributed by atoms with van der Waals surface area (Å²) in [5.41, 5.74) is 8.78. The van der Waals surface area contributed by atoms with E-state index in [-0.39, 0.29) is 0 Å². The number of hydrogen-bond acceptors (Lipinski definition) is 4. The van der Waals surface area contributed by atoms with Crippen molar-refractivity contribution in [3.8, 4) is 11.3 Å². The Kier molecular flexibility index (Phi) is 4.30. The van der Waals surface area contributed by atoms with Gasteiger partial charge in [-0.05, 0) is 19.9 Å². The predicted molar refractivity (Wildman–Crippen MR) is 91.9 cm³/mol. The molecule has 0 saturated carbocycles. The monoisotopic (exact) mass is 292 g/mol. The van der Waals surface area contributed by atoms with Crippen molar-refractivity contribution in [3.05, 3.63) is 54.1 Å². The molecule has 0 bridgehead atoms. The number of aryl methyl sites for hydroxylation is 1. The first-order valence-corrected chi connectivity index (χ1v) is 7.56. The Labute approximate surface area is 130 Å². The molecule has 0 amide bonds. The smallest absolute Gasteiger partial charge is 0.156 e. The second-order valence-corrected chi connectivity index (χ2v) is 5.38. The molecule has 4 heteroatoms. The van der Waals surface area contributed by atoms with Gasteiger partial charge < -0.3 is 11.1 Å². The van der Waals surface area contributed by atoms with Crippen molar-refractivity contribution in [1.82, 2.24) is 10.2 Å². The van der Waals surface area contributed by atoms with Crippen LogP contribution in [0.1, 0.15) is 12.0 Å². The summed E-state index contributed by atoms with van der Waals surface area (Å²) in [5.74, 6) is 0.819. The molecule has 1 aromatic heterocycles. The van der Waals surface area contributed by atoms with Gasteiger partial charge in [0.1, 0.15) is 5.69 Å². The van der Waals surface area contributed by atoms with Crippen LogP contribution < -0.4 is 11.1 Å². The van der Waals surface area contributed by atoms with Gasteiger partial charge in [0.2, 0.25) is 0 Å². The fourth-order valence-electron chi connectivity index (χ4n) is 2.47. The molecular formula is C18H20N4. The van der Waals surface area contributed by atoms with Gasteiger partial charge in [0, 0.05) is 22.9 Å².